The first-order valence-corrected chi connectivity index (χ1v) is 6.12. The molecule has 114 valence electrons. The number of halogens is 2. The first-order chi connectivity index (χ1) is 10.00. The van der Waals surface area contributed by atoms with Crippen molar-refractivity contribution in [1.82, 2.24) is 4.98 Å². The highest BCUT2D eigenvalue weighted by Crippen LogP contribution is 2.28. The number of rotatable bonds is 6. The Bertz CT molecular complexity index is 609. The highest BCUT2D eigenvalue weighted by molar-refractivity contribution is 5.57. The van der Waals surface area contributed by atoms with Gasteiger partial charge in [-0.1, -0.05) is 0 Å². The van der Waals surface area contributed by atoms with Crippen LogP contribution in [0.25, 0.3) is 11.3 Å². The number of aromatic nitrogens is 1. The lowest BCUT2D eigenvalue weighted by atomic mass is 10.1. The first-order valence-electron chi connectivity index (χ1n) is 6.12. The van der Waals surface area contributed by atoms with Crippen LogP contribution in [0.4, 0.5) is 8.78 Å². The van der Waals surface area contributed by atoms with Gasteiger partial charge in [-0.25, -0.2) is 13.8 Å². The number of oxazole rings is 1. The summed E-state index contributed by atoms with van der Waals surface area (Å²) < 4.78 is 41.8. The Morgan fingerprint density at radius 3 is 2.48 bits per heavy atom. The summed E-state index contributed by atoms with van der Waals surface area (Å²) in [4.78, 5) is 3.93. The third-order valence-corrected chi connectivity index (χ3v) is 2.87. The molecule has 1 N–H and O–H groups in total. The minimum Gasteiger partial charge on any atom is -0.437 e. The molecule has 0 aliphatic rings. The van der Waals surface area contributed by atoms with Crippen molar-refractivity contribution in [3.63, 3.8) is 0 Å². The molecule has 0 spiro atoms. The van der Waals surface area contributed by atoms with E-state index in [-0.39, 0.29) is 30.4 Å². The standard InChI is InChI=1S/C14H15F2NO4/c1-19-7-14(18,8-20-2)13-17-6-12(21-13)10-4-3-9(15)5-11(10)16/h3-6,18H,7-8H2,1-2H3. The summed E-state index contributed by atoms with van der Waals surface area (Å²) in [7, 11) is 2.81. The molecule has 5 nitrogen and oxygen atoms in total. The van der Waals surface area contributed by atoms with Gasteiger partial charge in [0.25, 0.3) is 0 Å². The number of nitrogens with zero attached hydrogens (tertiary/aromatic N) is 1. The summed E-state index contributed by atoms with van der Waals surface area (Å²) >= 11 is 0. The van der Waals surface area contributed by atoms with Gasteiger partial charge >= 0.3 is 0 Å². The summed E-state index contributed by atoms with van der Waals surface area (Å²) in [5.41, 5.74) is -1.54. The van der Waals surface area contributed by atoms with Crippen LogP contribution < -0.4 is 0 Å². The fourth-order valence-electron chi connectivity index (χ4n) is 1.95. The van der Waals surface area contributed by atoms with Crippen molar-refractivity contribution >= 4 is 0 Å². The maximum atomic E-state index is 13.7. The highest BCUT2D eigenvalue weighted by Gasteiger charge is 2.35. The first kappa shape index (κ1) is 15.6. The zero-order valence-corrected chi connectivity index (χ0v) is 11.6. The van der Waals surface area contributed by atoms with E-state index in [4.69, 9.17) is 13.9 Å². The van der Waals surface area contributed by atoms with Gasteiger partial charge in [-0.05, 0) is 12.1 Å². The number of ether oxygens (including phenoxy) is 2. The lowest BCUT2D eigenvalue weighted by molar-refractivity contribution is -0.0975. The van der Waals surface area contributed by atoms with E-state index in [0.717, 1.165) is 12.1 Å². The topological polar surface area (TPSA) is 64.7 Å². The maximum absolute atomic E-state index is 13.7. The van der Waals surface area contributed by atoms with Gasteiger partial charge in [0, 0.05) is 20.3 Å². The van der Waals surface area contributed by atoms with E-state index in [9.17, 15) is 13.9 Å². The molecule has 1 heterocycles. The quantitative estimate of drug-likeness (QED) is 0.885. The molecule has 0 amide bonds. The molecule has 0 aliphatic heterocycles. The van der Waals surface area contributed by atoms with Crippen molar-refractivity contribution in [2.24, 2.45) is 0 Å². The highest BCUT2D eigenvalue weighted by atomic mass is 19.1. The van der Waals surface area contributed by atoms with E-state index >= 15 is 0 Å². The van der Waals surface area contributed by atoms with Gasteiger partial charge in [0.05, 0.1) is 25.0 Å². The molecule has 0 atom stereocenters. The van der Waals surface area contributed by atoms with Gasteiger partial charge in [0.2, 0.25) is 5.89 Å². The Labute approximate surface area is 120 Å². The zero-order chi connectivity index (χ0) is 15.5. The number of hydrogen-bond donors (Lipinski definition) is 1. The molecular formula is C14H15F2NO4. The van der Waals surface area contributed by atoms with Crippen molar-refractivity contribution in [2.45, 2.75) is 5.60 Å². The predicted octanol–water partition coefficient (Wildman–Crippen LogP) is 2.10. The van der Waals surface area contributed by atoms with Crippen LogP contribution in [0.1, 0.15) is 5.89 Å². The normalized spacial score (nSPS) is 11.9. The number of aliphatic hydroxyl groups is 1. The Morgan fingerprint density at radius 1 is 1.24 bits per heavy atom. The van der Waals surface area contributed by atoms with E-state index in [1.54, 1.807) is 0 Å². The van der Waals surface area contributed by atoms with Crippen LogP contribution in [0, 0.1) is 11.6 Å². The lowest BCUT2D eigenvalue weighted by Gasteiger charge is -2.22. The second kappa shape index (κ2) is 6.30. The van der Waals surface area contributed by atoms with E-state index < -0.39 is 17.2 Å². The van der Waals surface area contributed by atoms with E-state index in [0.29, 0.717) is 0 Å². The molecule has 0 unspecified atom stereocenters. The number of benzene rings is 1. The fraction of sp³-hybridized carbons (Fsp3) is 0.357. The lowest BCUT2D eigenvalue weighted by Crippen LogP contribution is -2.36. The Morgan fingerprint density at radius 2 is 1.90 bits per heavy atom. The molecule has 2 aromatic rings. The summed E-state index contributed by atoms with van der Waals surface area (Å²) in [5, 5.41) is 10.4. The third kappa shape index (κ3) is 3.26. The summed E-state index contributed by atoms with van der Waals surface area (Å²) in [6.07, 6.45) is 1.25. The van der Waals surface area contributed by atoms with Gasteiger partial charge in [0.1, 0.15) is 11.6 Å². The van der Waals surface area contributed by atoms with Crippen molar-refractivity contribution in [3.8, 4) is 11.3 Å². The SMILES string of the molecule is COCC(O)(COC)c1ncc(-c2ccc(F)cc2F)o1. The molecule has 2 rings (SSSR count). The van der Waals surface area contributed by atoms with Crippen LogP contribution in [0.15, 0.2) is 28.8 Å². The second-order valence-electron chi connectivity index (χ2n) is 4.55. The van der Waals surface area contributed by atoms with Gasteiger partial charge in [-0.3, -0.25) is 0 Å². The van der Waals surface area contributed by atoms with Crippen LogP contribution >= 0.6 is 0 Å². The smallest absolute Gasteiger partial charge is 0.231 e. The summed E-state index contributed by atoms with van der Waals surface area (Å²) in [6.45, 7) is -0.209. The van der Waals surface area contributed by atoms with Gasteiger partial charge in [-0.2, -0.15) is 0 Å². The van der Waals surface area contributed by atoms with Crippen LogP contribution in [0.3, 0.4) is 0 Å². The summed E-state index contributed by atoms with van der Waals surface area (Å²) in [5.74, 6) is -1.45. The largest absolute Gasteiger partial charge is 0.437 e. The third-order valence-electron chi connectivity index (χ3n) is 2.87. The number of hydrogen-bond acceptors (Lipinski definition) is 5. The van der Waals surface area contributed by atoms with Crippen LogP contribution in [-0.2, 0) is 15.1 Å². The van der Waals surface area contributed by atoms with Crippen molar-refractivity contribution in [2.75, 3.05) is 27.4 Å². The molecule has 0 bridgehead atoms. The molecule has 0 fully saturated rings. The van der Waals surface area contributed by atoms with E-state index in [1.807, 2.05) is 0 Å². The molecule has 1 aromatic heterocycles. The average molecular weight is 299 g/mol. The van der Waals surface area contributed by atoms with Crippen molar-refractivity contribution < 1.29 is 27.8 Å². The Hall–Kier alpha value is -1.83. The van der Waals surface area contributed by atoms with E-state index in [2.05, 4.69) is 4.98 Å². The van der Waals surface area contributed by atoms with Crippen LogP contribution in [0.2, 0.25) is 0 Å². The van der Waals surface area contributed by atoms with Gasteiger partial charge in [-0.15, -0.1) is 0 Å². The molecule has 7 heteroatoms. The molecule has 21 heavy (non-hydrogen) atoms. The molecule has 1 aromatic carbocycles. The van der Waals surface area contributed by atoms with E-state index in [1.165, 1.54) is 26.5 Å². The fourth-order valence-corrected chi connectivity index (χ4v) is 1.95. The minimum absolute atomic E-state index is 0.0485. The van der Waals surface area contributed by atoms with Gasteiger partial charge in [0.15, 0.2) is 11.4 Å². The Kier molecular flexibility index (Phi) is 4.66. The van der Waals surface area contributed by atoms with Crippen LogP contribution in [0.5, 0.6) is 0 Å². The van der Waals surface area contributed by atoms with Gasteiger partial charge < -0.3 is 19.0 Å². The maximum Gasteiger partial charge on any atom is 0.231 e. The minimum atomic E-state index is -1.59. The molecule has 0 saturated carbocycles. The molecule has 0 saturated heterocycles. The zero-order valence-electron chi connectivity index (χ0n) is 11.6. The monoisotopic (exact) mass is 299 g/mol. The second-order valence-corrected chi connectivity index (χ2v) is 4.55. The predicted molar refractivity (Wildman–Crippen MR) is 69.5 cm³/mol. The van der Waals surface area contributed by atoms with Crippen LogP contribution in [-0.4, -0.2) is 37.5 Å². The molecule has 0 aliphatic carbocycles. The average Bonchev–Trinajstić information content (AvgIpc) is 2.89. The van der Waals surface area contributed by atoms with Crippen molar-refractivity contribution in [3.05, 3.63) is 41.9 Å². The summed E-state index contributed by atoms with van der Waals surface area (Å²) in [6, 6.07) is 3.09. The Balaban J connectivity index is 2.36. The van der Waals surface area contributed by atoms with Crippen molar-refractivity contribution in [1.29, 1.82) is 0 Å². The number of methoxy groups -OCH3 is 2. The molecular weight excluding hydrogens is 284 g/mol. The molecule has 0 radical (unpaired) electrons.